The zero-order chi connectivity index (χ0) is 8.97. The van der Waals surface area contributed by atoms with E-state index in [-0.39, 0.29) is 0 Å². The lowest BCUT2D eigenvalue weighted by atomic mass is 10.4. The molecule has 0 aliphatic carbocycles. The minimum Gasteiger partial charge on any atom is -0.421 e. The van der Waals surface area contributed by atoms with Crippen molar-refractivity contribution in [3.8, 4) is 5.75 Å². The summed E-state index contributed by atoms with van der Waals surface area (Å²) in [6.07, 6.45) is 2.95. The number of rotatable bonds is 2. The Morgan fingerprint density at radius 2 is 1.92 bits per heavy atom. The SMILES string of the molecule is CC(=O)C(=O)Oc1ccncc1. The summed E-state index contributed by atoms with van der Waals surface area (Å²) in [6.45, 7) is 1.16. The molecule has 0 radical (unpaired) electrons. The molecule has 0 aromatic carbocycles. The quantitative estimate of drug-likeness (QED) is 0.475. The van der Waals surface area contributed by atoms with E-state index in [1.807, 2.05) is 0 Å². The van der Waals surface area contributed by atoms with Crippen molar-refractivity contribution in [1.29, 1.82) is 0 Å². The molecule has 0 saturated carbocycles. The van der Waals surface area contributed by atoms with E-state index in [9.17, 15) is 9.59 Å². The van der Waals surface area contributed by atoms with Crippen LogP contribution in [0.15, 0.2) is 24.5 Å². The highest BCUT2D eigenvalue weighted by atomic mass is 16.5. The van der Waals surface area contributed by atoms with Crippen LogP contribution in [0.2, 0.25) is 0 Å². The Balaban J connectivity index is 2.65. The van der Waals surface area contributed by atoms with E-state index >= 15 is 0 Å². The first kappa shape index (κ1) is 8.39. The average Bonchev–Trinajstić information content (AvgIpc) is 2.06. The van der Waals surface area contributed by atoms with Gasteiger partial charge in [0.15, 0.2) is 0 Å². The molecule has 0 aliphatic heterocycles. The van der Waals surface area contributed by atoms with Crippen LogP contribution in [0.1, 0.15) is 6.92 Å². The van der Waals surface area contributed by atoms with Crippen LogP contribution in [0.3, 0.4) is 0 Å². The van der Waals surface area contributed by atoms with Crippen molar-refractivity contribution in [2.24, 2.45) is 0 Å². The second-order valence-corrected chi connectivity index (χ2v) is 2.13. The number of aromatic nitrogens is 1. The Morgan fingerprint density at radius 3 is 2.42 bits per heavy atom. The summed E-state index contributed by atoms with van der Waals surface area (Å²) < 4.78 is 4.65. The molecule has 1 heterocycles. The summed E-state index contributed by atoms with van der Waals surface area (Å²) in [7, 11) is 0. The largest absolute Gasteiger partial charge is 0.421 e. The number of Topliss-reactive ketones (excluding diaryl/α,β-unsaturated/α-hetero) is 1. The van der Waals surface area contributed by atoms with Crippen LogP contribution < -0.4 is 4.74 Å². The molecule has 0 aliphatic rings. The molecule has 4 heteroatoms. The van der Waals surface area contributed by atoms with Crippen LogP contribution >= 0.6 is 0 Å². The van der Waals surface area contributed by atoms with Crippen LogP contribution in [0, 0.1) is 0 Å². The molecule has 4 nitrogen and oxygen atoms in total. The monoisotopic (exact) mass is 165 g/mol. The number of ether oxygens (including phenoxy) is 1. The molecule has 0 N–H and O–H groups in total. The number of carbonyl (C=O) groups is 2. The standard InChI is InChI=1S/C8H7NO3/c1-6(10)8(11)12-7-2-4-9-5-3-7/h2-5H,1H3. The fourth-order valence-corrected chi connectivity index (χ4v) is 0.585. The number of ketones is 1. The van der Waals surface area contributed by atoms with E-state index in [4.69, 9.17) is 0 Å². The minimum absolute atomic E-state index is 0.324. The fraction of sp³-hybridized carbons (Fsp3) is 0.125. The van der Waals surface area contributed by atoms with Gasteiger partial charge in [-0.25, -0.2) is 4.79 Å². The summed E-state index contributed by atoms with van der Waals surface area (Å²) >= 11 is 0. The molecule has 1 aromatic rings. The van der Waals surface area contributed by atoms with Gasteiger partial charge >= 0.3 is 5.97 Å². The topological polar surface area (TPSA) is 56.3 Å². The molecule has 0 fully saturated rings. The molecule has 0 amide bonds. The predicted octanol–water partition coefficient (Wildman–Crippen LogP) is 0.576. The van der Waals surface area contributed by atoms with Crippen LogP contribution in [-0.2, 0) is 9.59 Å². The van der Waals surface area contributed by atoms with Gasteiger partial charge < -0.3 is 4.74 Å². The third kappa shape index (κ3) is 2.16. The van der Waals surface area contributed by atoms with Crippen molar-refractivity contribution in [2.75, 3.05) is 0 Å². The van der Waals surface area contributed by atoms with E-state index in [0.29, 0.717) is 5.75 Å². The van der Waals surface area contributed by atoms with Crippen molar-refractivity contribution in [3.05, 3.63) is 24.5 Å². The normalized spacial score (nSPS) is 9.08. The Hall–Kier alpha value is -1.71. The Kier molecular flexibility index (Phi) is 2.53. The third-order valence-electron chi connectivity index (χ3n) is 1.15. The Morgan fingerprint density at radius 1 is 1.33 bits per heavy atom. The van der Waals surface area contributed by atoms with Gasteiger partial charge in [-0.05, 0) is 12.1 Å². The lowest BCUT2D eigenvalue weighted by Crippen LogP contribution is -2.16. The fourth-order valence-electron chi connectivity index (χ4n) is 0.585. The Labute approximate surface area is 69.2 Å². The van der Waals surface area contributed by atoms with Crippen LogP contribution in [-0.4, -0.2) is 16.7 Å². The van der Waals surface area contributed by atoms with E-state index < -0.39 is 11.8 Å². The molecule has 1 rings (SSSR count). The van der Waals surface area contributed by atoms with Crippen molar-refractivity contribution in [3.63, 3.8) is 0 Å². The first-order valence-electron chi connectivity index (χ1n) is 3.33. The lowest BCUT2D eigenvalue weighted by molar-refractivity contribution is -0.146. The molecular weight excluding hydrogens is 158 g/mol. The molecule has 0 saturated heterocycles. The average molecular weight is 165 g/mol. The summed E-state index contributed by atoms with van der Waals surface area (Å²) in [6, 6.07) is 3.00. The molecule has 1 aromatic heterocycles. The molecule has 0 unspecified atom stereocenters. The summed E-state index contributed by atoms with van der Waals surface area (Å²) in [5, 5.41) is 0. The zero-order valence-corrected chi connectivity index (χ0v) is 6.48. The third-order valence-corrected chi connectivity index (χ3v) is 1.15. The van der Waals surface area contributed by atoms with E-state index in [0.717, 1.165) is 6.92 Å². The second kappa shape index (κ2) is 3.61. The van der Waals surface area contributed by atoms with Gasteiger partial charge in [0.1, 0.15) is 5.75 Å². The van der Waals surface area contributed by atoms with Gasteiger partial charge in [0.2, 0.25) is 5.78 Å². The first-order valence-corrected chi connectivity index (χ1v) is 3.33. The molecule has 0 atom stereocenters. The maximum atomic E-state index is 10.7. The molecule has 0 bridgehead atoms. The number of pyridine rings is 1. The Bertz CT molecular complexity index is 294. The summed E-state index contributed by atoms with van der Waals surface area (Å²) in [5.74, 6) is -1.15. The van der Waals surface area contributed by atoms with Gasteiger partial charge in [0.05, 0.1) is 0 Å². The molecular formula is C8H7NO3. The van der Waals surface area contributed by atoms with Crippen molar-refractivity contribution in [2.45, 2.75) is 6.92 Å². The van der Waals surface area contributed by atoms with Crippen molar-refractivity contribution >= 4 is 11.8 Å². The maximum absolute atomic E-state index is 10.7. The van der Waals surface area contributed by atoms with Crippen LogP contribution in [0.5, 0.6) is 5.75 Å². The van der Waals surface area contributed by atoms with E-state index in [2.05, 4.69) is 9.72 Å². The van der Waals surface area contributed by atoms with Gasteiger partial charge in [-0.1, -0.05) is 0 Å². The van der Waals surface area contributed by atoms with E-state index in [1.165, 1.54) is 24.5 Å². The van der Waals surface area contributed by atoms with Crippen LogP contribution in [0.25, 0.3) is 0 Å². The first-order chi connectivity index (χ1) is 5.70. The lowest BCUT2D eigenvalue weighted by Gasteiger charge is -1.98. The number of esters is 1. The number of hydrogen-bond donors (Lipinski definition) is 0. The number of carbonyl (C=O) groups excluding carboxylic acids is 2. The maximum Gasteiger partial charge on any atom is 0.379 e. The summed E-state index contributed by atoms with van der Waals surface area (Å²) in [4.78, 5) is 24.9. The van der Waals surface area contributed by atoms with Gasteiger partial charge in [0, 0.05) is 19.3 Å². The summed E-state index contributed by atoms with van der Waals surface area (Å²) in [5.41, 5.74) is 0. The smallest absolute Gasteiger partial charge is 0.379 e. The van der Waals surface area contributed by atoms with Crippen molar-refractivity contribution in [1.82, 2.24) is 4.98 Å². The highest BCUT2D eigenvalue weighted by molar-refractivity contribution is 6.33. The highest BCUT2D eigenvalue weighted by Crippen LogP contribution is 2.06. The van der Waals surface area contributed by atoms with Gasteiger partial charge in [-0.15, -0.1) is 0 Å². The van der Waals surface area contributed by atoms with Gasteiger partial charge in [0.25, 0.3) is 0 Å². The van der Waals surface area contributed by atoms with E-state index in [1.54, 1.807) is 0 Å². The second-order valence-electron chi connectivity index (χ2n) is 2.13. The number of hydrogen-bond acceptors (Lipinski definition) is 4. The van der Waals surface area contributed by atoms with Crippen molar-refractivity contribution < 1.29 is 14.3 Å². The zero-order valence-electron chi connectivity index (χ0n) is 6.48. The molecule has 12 heavy (non-hydrogen) atoms. The molecule has 0 spiro atoms. The van der Waals surface area contributed by atoms with Gasteiger partial charge in [-0.3, -0.25) is 9.78 Å². The van der Waals surface area contributed by atoms with Crippen LogP contribution in [0.4, 0.5) is 0 Å². The highest BCUT2D eigenvalue weighted by Gasteiger charge is 2.09. The van der Waals surface area contributed by atoms with Gasteiger partial charge in [-0.2, -0.15) is 0 Å². The predicted molar refractivity (Wildman–Crippen MR) is 40.6 cm³/mol. The number of nitrogens with zero attached hydrogens (tertiary/aromatic N) is 1. The molecule has 62 valence electrons. The minimum atomic E-state index is -0.860.